The average Bonchev–Trinajstić information content (AvgIpc) is 2.42. The van der Waals surface area contributed by atoms with Crippen LogP contribution in [-0.2, 0) is 11.4 Å². The van der Waals surface area contributed by atoms with E-state index in [1.807, 2.05) is 31.2 Å². The Hall–Kier alpha value is -2.16. The molecule has 0 atom stereocenters. The van der Waals surface area contributed by atoms with Gasteiger partial charge in [0.25, 0.3) is 0 Å². The van der Waals surface area contributed by atoms with Crippen LogP contribution in [0.25, 0.3) is 0 Å². The molecule has 0 radical (unpaired) electrons. The smallest absolute Gasteiger partial charge is 0.142 e. The van der Waals surface area contributed by atoms with E-state index in [0.29, 0.717) is 17.9 Å². The van der Waals surface area contributed by atoms with Crippen LogP contribution in [0, 0.1) is 19.7 Å². The van der Waals surface area contributed by atoms with Crippen LogP contribution in [0.2, 0.25) is 0 Å². The minimum absolute atomic E-state index is 0.226. The lowest BCUT2D eigenvalue weighted by Gasteiger charge is -2.04. The molecule has 2 nitrogen and oxygen atoms in total. The molecule has 0 bridgehead atoms. The molecule has 0 spiro atoms. The predicted molar refractivity (Wildman–Crippen MR) is 79.3 cm³/mol. The minimum Gasteiger partial charge on any atom is -0.391 e. The second-order valence-corrected chi connectivity index (χ2v) is 4.90. The highest BCUT2D eigenvalue weighted by Gasteiger charge is 2.03. The Morgan fingerprint density at radius 2 is 1.95 bits per heavy atom. The van der Waals surface area contributed by atoms with E-state index in [2.05, 4.69) is 11.2 Å². The first kappa shape index (κ1) is 14.3. The van der Waals surface area contributed by atoms with Crippen LogP contribution in [0.1, 0.15) is 29.2 Å². The summed E-state index contributed by atoms with van der Waals surface area (Å²) in [6.45, 7) is 5.99. The molecule has 0 aromatic heterocycles. The van der Waals surface area contributed by atoms with Gasteiger partial charge in [-0.25, -0.2) is 4.39 Å². The third kappa shape index (κ3) is 3.67. The number of rotatable bonds is 4. The van der Waals surface area contributed by atoms with Crippen molar-refractivity contribution in [1.29, 1.82) is 0 Å². The Bertz CT molecular complexity index is 635. The molecule has 0 amide bonds. The summed E-state index contributed by atoms with van der Waals surface area (Å²) in [4.78, 5) is 5.33. The molecule has 0 aliphatic heterocycles. The van der Waals surface area contributed by atoms with Gasteiger partial charge in [-0.15, -0.1) is 0 Å². The molecule has 104 valence electrons. The van der Waals surface area contributed by atoms with Crippen LogP contribution >= 0.6 is 0 Å². The van der Waals surface area contributed by atoms with Gasteiger partial charge in [0.1, 0.15) is 12.4 Å². The minimum atomic E-state index is -0.226. The maximum Gasteiger partial charge on any atom is 0.142 e. The van der Waals surface area contributed by atoms with Gasteiger partial charge in [-0.2, -0.15) is 0 Å². The second kappa shape index (κ2) is 6.33. The normalized spacial score (nSPS) is 11.5. The van der Waals surface area contributed by atoms with Crippen molar-refractivity contribution in [1.82, 2.24) is 0 Å². The van der Waals surface area contributed by atoms with Gasteiger partial charge in [0.2, 0.25) is 0 Å². The molecule has 0 heterocycles. The Labute approximate surface area is 118 Å². The summed E-state index contributed by atoms with van der Waals surface area (Å²) in [6.07, 6.45) is 0. The fourth-order valence-electron chi connectivity index (χ4n) is 1.88. The summed E-state index contributed by atoms with van der Waals surface area (Å²) in [5, 5.41) is 4.04. The molecule has 2 aromatic rings. The van der Waals surface area contributed by atoms with Crippen molar-refractivity contribution in [2.75, 3.05) is 0 Å². The first-order valence-corrected chi connectivity index (χ1v) is 6.55. The highest BCUT2D eigenvalue weighted by Crippen LogP contribution is 2.11. The van der Waals surface area contributed by atoms with Crippen LogP contribution in [0.4, 0.5) is 4.39 Å². The van der Waals surface area contributed by atoms with Gasteiger partial charge in [0.15, 0.2) is 0 Å². The van der Waals surface area contributed by atoms with Gasteiger partial charge in [-0.1, -0.05) is 47.1 Å². The zero-order chi connectivity index (χ0) is 14.5. The quantitative estimate of drug-likeness (QED) is 0.597. The van der Waals surface area contributed by atoms with Crippen LogP contribution in [0.15, 0.2) is 47.6 Å². The highest BCUT2D eigenvalue weighted by atomic mass is 19.1. The molecule has 2 aromatic carbocycles. The molecule has 3 heteroatoms. The summed E-state index contributed by atoms with van der Waals surface area (Å²) in [7, 11) is 0. The fourth-order valence-corrected chi connectivity index (χ4v) is 1.88. The molecule has 0 saturated heterocycles. The first-order valence-electron chi connectivity index (χ1n) is 6.55. The number of nitrogens with zero attached hydrogens (tertiary/aromatic N) is 1. The molecular formula is C17H18FNO. The van der Waals surface area contributed by atoms with Gasteiger partial charge in [-0.05, 0) is 38.0 Å². The number of oxime groups is 1. The molecular weight excluding hydrogens is 253 g/mol. The van der Waals surface area contributed by atoms with Gasteiger partial charge >= 0.3 is 0 Å². The summed E-state index contributed by atoms with van der Waals surface area (Å²) < 4.78 is 13.5. The molecule has 2 rings (SSSR count). The third-order valence-corrected chi connectivity index (χ3v) is 3.10. The molecule has 0 unspecified atom stereocenters. The Balaban J connectivity index is 2.02. The van der Waals surface area contributed by atoms with Crippen LogP contribution in [0.5, 0.6) is 0 Å². The fraction of sp³-hybridized carbons (Fsp3) is 0.235. The number of hydrogen-bond donors (Lipinski definition) is 0. The Morgan fingerprint density at radius 3 is 2.65 bits per heavy atom. The molecule has 20 heavy (non-hydrogen) atoms. The van der Waals surface area contributed by atoms with Crippen molar-refractivity contribution in [3.8, 4) is 0 Å². The summed E-state index contributed by atoms with van der Waals surface area (Å²) in [5.74, 6) is -0.226. The van der Waals surface area contributed by atoms with Crippen LogP contribution in [0.3, 0.4) is 0 Å². The van der Waals surface area contributed by atoms with Crippen molar-refractivity contribution in [3.05, 3.63) is 70.5 Å². The van der Waals surface area contributed by atoms with Crippen molar-refractivity contribution in [2.45, 2.75) is 27.4 Å². The van der Waals surface area contributed by atoms with E-state index in [4.69, 9.17) is 4.84 Å². The largest absolute Gasteiger partial charge is 0.391 e. The maximum atomic E-state index is 13.5. The molecule has 0 saturated carbocycles. The lowest BCUT2D eigenvalue weighted by Crippen LogP contribution is -1.98. The van der Waals surface area contributed by atoms with E-state index in [9.17, 15) is 4.39 Å². The summed E-state index contributed by atoms with van der Waals surface area (Å²) >= 11 is 0. The van der Waals surface area contributed by atoms with E-state index >= 15 is 0 Å². The number of aryl methyl sites for hydroxylation is 2. The van der Waals surface area contributed by atoms with Gasteiger partial charge in [0, 0.05) is 5.56 Å². The van der Waals surface area contributed by atoms with Gasteiger partial charge in [-0.3, -0.25) is 0 Å². The van der Waals surface area contributed by atoms with Gasteiger partial charge < -0.3 is 4.84 Å². The Kier molecular flexibility index (Phi) is 4.51. The average molecular weight is 271 g/mol. The molecule has 0 fully saturated rings. The van der Waals surface area contributed by atoms with E-state index in [1.54, 1.807) is 19.9 Å². The van der Waals surface area contributed by atoms with E-state index in [1.165, 1.54) is 11.6 Å². The number of halogens is 1. The second-order valence-electron chi connectivity index (χ2n) is 4.90. The zero-order valence-corrected chi connectivity index (χ0v) is 12.0. The van der Waals surface area contributed by atoms with Crippen molar-refractivity contribution >= 4 is 5.71 Å². The van der Waals surface area contributed by atoms with E-state index in [-0.39, 0.29) is 5.82 Å². The standard InChI is InChI=1S/C17H18FNO/c1-12-5-4-6-15(9-12)11-20-19-14(3)16-8-7-13(2)17(18)10-16/h4-10H,11H2,1-3H3/b19-14+. The summed E-state index contributed by atoms with van der Waals surface area (Å²) in [5.41, 5.74) is 4.28. The topological polar surface area (TPSA) is 21.6 Å². The van der Waals surface area contributed by atoms with Gasteiger partial charge in [0.05, 0.1) is 5.71 Å². The van der Waals surface area contributed by atoms with Crippen molar-refractivity contribution < 1.29 is 9.23 Å². The first-order chi connectivity index (χ1) is 9.56. The number of hydrogen-bond acceptors (Lipinski definition) is 2. The number of benzene rings is 2. The van der Waals surface area contributed by atoms with Crippen molar-refractivity contribution in [3.63, 3.8) is 0 Å². The molecule has 0 aliphatic carbocycles. The maximum absolute atomic E-state index is 13.5. The lowest BCUT2D eigenvalue weighted by molar-refractivity contribution is 0.130. The van der Waals surface area contributed by atoms with E-state index < -0.39 is 0 Å². The lowest BCUT2D eigenvalue weighted by atomic mass is 10.1. The van der Waals surface area contributed by atoms with Crippen LogP contribution in [-0.4, -0.2) is 5.71 Å². The highest BCUT2D eigenvalue weighted by molar-refractivity contribution is 5.98. The molecule has 0 N–H and O–H groups in total. The van der Waals surface area contributed by atoms with E-state index in [0.717, 1.165) is 11.1 Å². The van der Waals surface area contributed by atoms with Crippen molar-refractivity contribution in [2.24, 2.45) is 5.16 Å². The monoisotopic (exact) mass is 271 g/mol. The predicted octanol–water partition coefficient (Wildman–Crippen LogP) is 4.38. The van der Waals surface area contributed by atoms with Crippen LogP contribution < -0.4 is 0 Å². The summed E-state index contributed by atoms with van der Waals surface area (Å²) in [6, 6.07) is 13.1. The third-order valence-electron chi connectivity index (χ3n) is 3.10. The SMILES string of the molecule is C/C(=N\OCc1cccc(C)c1)c1ccc(C)c(F)c1. The Morgan fingerprint density at radius 1 is 1.15 bits per heavy atom. The molecule has 0 aliphatic rings. The zero-order valence-electron chi connectivity index (χ0n) is 12.0.